The van der Waals surface area contributed by atoms with Crippen molar-refractivity contribution < 1.29 is 4.79 Å². The molecule has 1 amide bonds. The van der Waals surface area contributed by atoms with E-state index in [-0.39, 0.29) is 5.91 Å². The number of amides is 1. The van der Waals surface area contributed by atoms with Crippen LogP contribution in [0.4, 0.5) is 11.4 Å². The lowest BCUT2D eigenvalue weighted by molar-refractivity contribution is -0.114. The van der Waals surface area contributed by atoms with Gasteiger partial charge in [-0.1, -0.05) is 6.07 Å². The van der Waals surface area contributed by atoms with Crippen molar-refractivity contribution in [2.24, 2.45) is 0 Å². The molecular formula is C15H15BrN2OS. The summed E-state index contributed by atoms with van der Waals surface area (Å²) in [5.74, 6) is 0.799. The molecule has 0 bridgehead atoms. The van der Waals surface area contributed by atoms with Crippen LogP contribution in [0.2, 0.25) is 0 Å². The number of hydrogen-bond donors (Lipinski definition) is 2. The molecule has 0 saturated heterocycles. The number of nitrogens with one attached hydrogen (secondary N) is 1. The van der Waals surface area contributed by atoms with Crippen molar-refractivity contribution in [2.75, 3.05) is 11.1 Å². The van der Waals surface area contributed by atoms with Gasteiger partial charge in [0.05, 0.1) is 0 Å². The molecule has 0 spiro atoms. The first kappa shape index (κ1) is 14.9. The van der Waals surface area contributed by atoms with E-state index in [1.54, 1.807) is 11.8 Å². The zero-order valence-corrected chi connectivity index (χ0v) is 13.4. The van der Waals surface area contributed by atoms with Crippen LogP contribution in [0.25, 0.3) is 0 Å². The molecule has 0 heterocycles. The average Bonchev–Trinajstić information content (AvgIpc) is 2.41. The Hall–Kier alpha value is -1.46. The van der Waals surface area contributed by atoms with Gasteiger partial charge in [-0.25, -0.2) is 0 Å². The number of carbonyl (C=O) groups is 1. The van der Waals surface area contributed by atoms with Crippen molar-refractivity contribution in [3.63, 3.8) is 0 Å². The van der Waals surface area contributed by atoms with E-state index in [4.69, 9.17) is 5.73 Å². The molecule has 3 nitrogen and oxygen atoms in total. The lowest BCUT2D eigenvalue weighted by atomic mass is 10.2. The first-order valence-electron chi connectivity index (χ1n) is 6.09. The Morgan fingerprint density at radius 3 is 2.55 bits per heavy atom. The van der Waals surface area contributed by atoms with Crippen LogP contribution >= 0.6 is 27.7 Å². The Morgan fingerprint density at radius 2 is 1.95 bits per heavy atom. The maximum atomic E-state index is 10.9. The minimum Gasteiger partial charge on any atom is -0.398 e. The van der Waals surface area contributed by atoms with E-state index in [9.17, 15) is 4.79 Å². The fraction of sp³-hybridized carbons (Fsp3) is 0.133. The number of rotatable bonds is 4. The second-order valence-electron chi connectivity index (χ2n) is 4.35. The molecule has 2 aromatic carbocycles. The van der Waals surface area contributed by atoms with E-state index in [0.29, 0.717) is 0 Å². The Morgan fingerprint density at radius 1 is 1.25 bits per heavy atom. The minimum absolute atomic E-state index is 0.0595. The van der Waals surface area contributed by atoms with Crippen molar-refractivity contribution in [3.8, 4) is 0 Å². The van der Waals surface area contributed by atoms with Crippen LogP contribution in [0.3, 0.4) is 0 Å². The van der Waals surface area contributed by atoms with Gasteiger partial charge < -0.3 is 11.1 Å². The second kappa shape index (κ2) is 6.81. The van der Waals surface area contributed by atoms with Crippen molar-refractivity contribution in [3.05, 3.63) is 52.5 Å². The van der Waals surface area contributed by atoms with Crippen LogP contribution in [0.5, 0.6) is 0 Å². The highest BCUT2D eigenvalue weighted by Crippen LogP contribution is 2.27. The first-order chi connectivity index (χ1) is 9.54. The molecule has 104 valence electrons. The van der Waals surface area contributed by atoms with Crippen molar-refractivity contribution in [1.82, 2.24) is 0 Å². The number of nitrogen functional groups attached to an aromatic ring is 1. The number of nitrogens with two attached hydrogens (primary N) is 1. The molecule has 0 aliphatic heterocycles. The van der Waals surface area contributed by atoms with Gasteiger partial charge in [-0.2, -0.15) is 0 Å². The first-order valence-corrected chi connectivity index (χ1v) is 7.87. The number of anilines is 2. The van der Waals surface area contributed by atoms with E-state index in [2.05, 4.69) is 27.3 Å². The van der Waals surface area contributed by atoms with E-state index in [1.807, 2.05) is 36.4 Å². The standard InChI is InChI=1S/C15H15BrN2OS/c1-10(19)18-12-3-5-13(6-4-12)20-9-11-2-7-14(16)15(17)8-11/h2-8H,9,17H2,1H3,(H,18,19). The molecule has 0 unspecified atom stereocenters. The van der Waals surface area contributed by atoms with E-state index in [1.165, 1.54) is 12.5 Å². The largest absolute Gasteiger partial charge is 0.398 e. The van der Waals surface area contributed by atoms with Crippen LogP contribution in [0.15, 0.2) is 51.8 Å². The lowest BCUT2D eigenvalue weighted by Crippen LogP contribution is -2.05. The molecule has 0 aliphatic rings. The van der Waals surface area contributed by atoms with E-state index in [0.717, 1.165) is 26.5 Å². The zero-order chi connectivity index (χ0) is 14.5. The Kier molecular flexibility index (Phi) is 5.09. The normalized spacial score (nSPS) is 10.3. The molecule has 0 fully saturated rings. The SMILES string of the molecule is CC(=O)Nc1ccc(SCc2ccc(Br)c(N)c2)cc1. The summed E-state index contributed by atoms with van der Waals surface area (Å²) in [5, 5.41) is 2.75. The van der Waals surface area contributed by atoms with Gasteiger partial charge in [0.1, 0.15) is 0 Å². The van der Waals surface area contributed by atoms with Gasteiger partial charge in [-0.15, -0.1) is 11.8 Å². The lowest BCUT2D eigenvalue weighted by Gasteiger charge is -2.06. The Labute approximate surface area is 131 Å². The van der Waals surface area contributed by atoms with Gasteiger partial charge in [0.15, 0.2) is 0 Å². The number of carbonyl (C=O) groups excluding carboxylic acids is 1. The average molecular weight is 351 g/mol. The molecular weight excluding hydrogens is 336 g/mol. The topological polar surface area (TPSA) is 55.1 Å². The van der Waals surface area contributed by atoms with Crippen molar-refractivity contribution in [1.29, 1.82) is 0 Å². The predicted molar refractivity (Wildman–Crippen MR) is 88.9 cm³/mol. The fourth-order valence-electron chi connectivity index (χ4n) is 1.69. The van der Waals surface area contributed by atoms with Crippen molar-refractivity contribution in [2.45, 2.75) is 17.6 Å². The number of benzene rings is 2. The highest BCUT2D eigenvalue weighted by molar-refractivity contribution is 9.10. The van der Waals surface area contributed by atoms with Crippen LogP contribution in [-0.2, 0) is 10.5 Å². The Balaban J connectivity index is 1.96. The van der Waals surface area contributed by atoms with Gasteiger partial charge >= 0.3 is 0 Å². The van der Waals surface area contributed by atoms with Gasteiger partial charge in [0.25, 0.3) is 0 Å². The molecule has 0 aliphatic carbocycles. The number of thioether (sulfide) groups is 1. The van der Waals surface area contributed by atoms with Crippen LogP contribution in [0, 0.1) is 0 Å². The fourth-order valence-corrected chi connectivity index (χ4v) is 2.78. The smallest absolute Gasteiger partial charge is 0.221 e. The van der Waals surface area contributed by atoms with E-state index < -0.39 is 0 Å². The molecule has 2 rings (SSSR count). The summed E-state index contributed by atoms with van der Waals surface area (Å²) < 4.78 is 0.922. The molecule has 0 atom stereocenters. The van der Waals surface area contributed by atoms with Gasteiger partial charge in [-0.3, -0.25) is 4.79 Å². The third-order valence-corrected chi connectivity index (χ3v) is 4.45. The quantitative estimate of drug-likeness (QED) is 0.639. The molecule has 3 N–H and O–H groups in total. The molecule has 0 aromatic heterocycles. The summed E-state index contributed by atoms with van der Waals surface area (Å²) in [6, 6.07) is 13.8. The third-order valence-electron chi connectivity index (χ3n) is 2.64. The summed E-state index contributed by atoms with van der Waals surface area (Å²) in [4.78, 5) is 12.1. The Bertz CT molecular complexity index is 614. The summed E-state index contributed by atoms with van der Waals surface area (Å²) >= 11 is 5.12. The van der Waals surface area contributed by atoms with Crippen molar-refractivity contribution >= 4 is 45.0 Å². The number of halogens is 1. The monoisotopic (exact) mass is 350 g/mol. The maximum Gasteiger partial charge on any atom is 0.221 e. The minimum atomic E-state index is -0.0595. The third kappa shape index (κ3) is 4.28. The summed E-state index contributed by atoms with van der Waals surface area (Å²) in [5.41, 5.74) is 8.61. The molecule has 2 aromatic rings. The van der Waals surface area contributed by atoms with Gasteiger partial charge in [0, 0.05) is 33.4 Å². The summed E-state index contributed by atoms with van der Waals surface area (Å²) in [6.45, 7) is 1.50. The van der Waals surface area contributed by atoms with E-state index >= 15 is 0 Å². The predicted octanol–water partition coefficient (Wildman–Crippen LogP) is 4.28. The van der Waals surface area contributed by atoms with Gasteiger partial charge in [-0.05, 0) is 57.9 Å². The molecule has 0 saturated carbocycles. The van der Waals surface area contributed by atoms with Crippen LogP contribution < -0.4 is 11.1 Å². The molecule has 5 heteroatoms. The van der Waals surface area contributed by atoms with Gasteiger partial charge in [0.2, 0.25) is 5.91 Å². The highest BCUT2D eigenvalue weighted by Gasteiger charge is 2.01. The molecule has 20 heavy (non-hydrogen) atoms. The summed E-state index contributed by atoms with van der Waals surface area (Å²) in [6.07, 6.45) is 0. The maximum absolute atomic E-state index is 10.9. The van der Waals surface area contributed by atoms with Crippen LogP contribution in [-0.4, -0.2) is 5.91 Å². The second-order valence-corrected chi connectivity index (χ2v) is 6.25. The number of hydrogen-bond acceptors (Lipinski definition) is 3. The van der Waals surface area contributed by atoms with Crippen LogP contribution in [0.1, 0.15) is 12.5 Å². The molecule has 0 radical (unpaired) electrons. The summed E-state index contributed by atoms with van der Waals surface area (Å²) in [7, 11) is 0. The zero-order valence-electron chi connectivity index (χ0n) is 11.0. The highest BCUT2D eigenvalue weighted by atomic mass is 79.9.